The van der Waals surface area contributed by atoms with Crippen LogP contribution in [0.3, 0.4) is 0 Å². The molecule has 7 nitrogen and oxygen atoms in total. The van der Waals surface area contributed by atoms with Crippen LogP contribution in [0.25, 0.3) is 0 Å². The molecular weight excluding hydrogens is 478 g/mol. The number of nitrogens with one attached hydrogen (secondary N) is 1. The van der Waals surface area contributed by atoms with E-state index in [1.807, 2.05) is 18.2 Å². The summed E-state index contributed by atoms with van der Waals surface area (Å²) >= 11 is 5.86. The topological polar surface area (TPSA) is 83.4 Å². The van der Waals surface area contributed by atoms with Crippen LogP contribution in [-0.2, 0) is 0 Å². The Labute approximate surface area is 216 Å². The van der Waals surface area contributed by atoms with Gasteiger partial charge in [-0.2, -0.15) is 5.10 Å². The van der Waals surface area contributed by atoms with E-state index in [1.165, 1.54) is 49.2 Å². The number of piperidine rings is 1. The van der Waals surface area contributed by atoms with E-state index in [-0.39, 0.29) is 16.3 Å². The fourth-order valence-electron chi connectivity index (χ4n) is 4.35. The molecule has 4 rings (SSSR count). The van der Waals surface area contributed by atoms with Gasteiger partial charge in [-0.15, -0.1) is 0 Å². The van der Waals surface area contributed by atoms with Crippen LogP contribution in [0, 0.1) is 0 Å². The monoisotopic (exact) mass is 507 g/mol. The Morgan fingerprint density at radius 3 is 2.78 bits per heavy atom. The number of halogens is 1. The number of hydrogen-bond donors (Lipinski definition) is 2. The van der Waals surface area contributed by atoms with Crippen LogP contribution in [0.2, 0.25) is 5.02 Å². The van der Waals surface area contributed by atoms with E-state index in [9.17, 15) is 9.90 Å². The van der Waals surface area contributed by atoms with Crippen molar-refractivity contribution in [2.45, 2.75) is 25.3 Å². The van der Waals surface area contributed by atoms with E-state index < -0.39 is 5.91 Å². The van der Waals surface area contributed by atoms with Gasteiger partial charge in [0.2, 0.25) is 0 Å². The summed E-state index contributed by atoms with van der Waals surface area (Å²) in [7, 11) is 1.58. The molecule has 0 bridgehead atoms. The first-order chi connectivity index (χ1) is 17.5. The highest BCUT2D eigenvalue weighted by molar-refractivity contribution is 6.32. The Hall–Kier alpha value is -3.55. The van der Waals surface area contributed by atoms with Gasteiger partial charge in [-0.25, -0.2) is 5.43 Å². The van der Waals surface area contributed by atoms with Gasteiger partial charge in [0.05, 0.1) is 18.3 Å². The Balaban J connectivity index is 1.32. The number of likely N-dealkylation sites (tertiary alicyclic amines) is 1. The maximum atomic E-state index is 12.2. The molecule has 1 aliphatic heterocycles. The lowest BCUT2D eigenvalue weighted by Crippen LogP contribution is -2.36. The molecule has 1 unspecified atom stereocenters. The normalized spacial score (nSPS) is 16.1. The molecule has 0 aromatic heterocycles. The van der Waals surface area contributed by atoms with Crippen molar-refractivity contribution in [2.24, 2.45) is 5.10 Å². The Kier molecular flexibility index (Phi) is 8.81. The number of hydrazone groups is 1. The number of methoxy groups -OCH3 is 1. The van der Waals surface area contributed by atoms with E-state index in [0.29, 0.717) is 29.7 Å². The number of phenols is 1. The summed E-state index contributed by atoms with van der Waals surface area (Å²) in [4.78, 5) is 14.8. The highest BCUT2D eigenvalue weighted by atomic mass is 35.5. The fourth-order valence-corrected chi connectivity index (χ4v) is 4.53. The molecule has 3 aromatic rings. The van der Waals surface area contributed by atoms with Crippen LogP contribution in [0.15, 0.2) is 71.8 Å². The second kappa shape index (κ2) is 12.4. The maximum absolute atomic E-state index is 12.2. The first kappa shape index (κ1) is 25.5. The van der Waals surface area contributed by atoms with Crippen LogP contribution >= 0.6 is 11.6 Å². The lowest BCUT2D eigenvalue weighted by atomic mass is 9.95. The zero-order chi connectivity index (χ0) is 25.3. The molecule has 2 N–H and O–H groups in total. The molecule has 0 saturated carbocycles. The number of aromatic hydroxyl groups is 1. The van der Waals surface area contributed by atoms with Crippen LogP contribution in [0.5, 0.6) is 17.2 Å². The molecule has 1 amide bonds. The minimum Gasteiger partial charge on any atom is -0.506 e. The van der Waals surface area contributed by atoms with E-state index >= 15 is 0 Å². The summed E-state index contributed by atoms with van der Waals surface area (Å²) < 4.78 is 11.5. The van der Waals surface area contributed by atoms with E-state index in [4.69, 9.17) is 21.1 Å². The van der Waals surface area contributed by atoms with Crippen molar-refractivity contribution < 1.29 is 19.4 Å². The lowest BCUT2D eigenvalue weighted by Gasteiger charge is -2.36. The van der Waals surface area contributed by atoms with Gasteiger partial charge in [0.1, 0.15) is 23.9 Å². The highest BCUT2D eigenvalue weighted by Crippen LogP contribution is 2.31. The first-order valence-electron chi connectivity index (χ1n) is 12.0. The zero-order valence-corrected chi connectivity index (χ0v) is 20.9. The number of phenolic OH excluding ortho intramolecular Hbond substituents is 1. The third-order valence-electron chi connectivity index (χ3n) is 6.23. The third-order valence-corrected chi connectivity index (χ3v) is 6.53. The van der Waals surface area contributed by atoms with Gasteiger partial charge in [0.15, 0.2) is 0 Å². The number of rotatable bonds is 9. The molecule has 188 valence electrons. The average Bonchev–Trinajstić information content (AvgIpc) is 2.91. The zero-order valence-electron chi connectivity index (χ0n) is 20.2. The van der Waals surface area contributed by atoms with E-state index in [1.54, 1.807) is 7.11 Å². The Bertz CT molecular complexity index is 1200. The van der Waals surface area contributed by atoms with Gasteiger partial charge in [-0.05, 0) is 55.3 Å². The van der Waals surface area contributed by atoms with Gasteiger partial charge < -0.3 is 14.6 Å². The molecule has 1 atom stereocenters. The molecule has 1 fully saturated rings. The van der Waals surface area contributed by atoms with Crippen molar-refractivity contribution >= 4 is 23.7 Å². The predicted octanol–water partition coefficient (Wildman–Crippen LogP) is 5.42. The van der Waals surface area contributed by atoms with Gasteiger partial charge in [-0.1, -0.05) is 48.4 Å². The van der Waals surface area contributed by atoms with E-state index in [0.717, 1.165) is 13.1 Å². The van der Waals surface area contributed by atoms with Crippen molar-refractivity contribution in [1.82, 2.24) is 10.3 Å². The van der Waals surface area contributed by atoms with Crippen molar-refractivity contribution in [1.29, 1.82) is 0 Å². The summed E-state index contributed by atoms with van der Waals surface area (Å²) in [5.74, 6) is 0.757. The summed E-state index contributed by atoms with van der Waals surface area (Å²) in [6, 6.07) is 20.8. The number of benzene rings is 3. The summed E-state index contributed by atoms with van der Waals surface area (Å²) in [6.07, 6.45) is 5.13. The lowest BCUT2D eigenvalue weighted by molar-refractivity contribution is 0.0955. The Morgan fingerprint density at radius 1 is 1.17 bits per heavy atom. The van der Waals surface area contributed by atoms with Crippen molar-refractivity contribution in [3.05, 3.63) is 88.4 Å². The highest BCUT2D eigenvalue weighted by Gasteiger charge is 2.23. The summed E-state index contributed by atoms with van der Waals surface area (Å²) in [6.45, 7) is 2.49. The quantitative estimate of drug-likeness (QED) is 0.298. The van der Waals surface area contributed by atoms with Crippen LogP contribution in [-0.4, -0.2) is 48.9 Å². The van der Waals surface area contributed by atoms with E-state index in [2.05, 4.69) is 45.8 Å². The standard InChI is InChI=1S/C28H30ClN3O4/c1-35-27-18-23(36-16-15-32-14-6-5-9-25(32)20-7-3-2-4-8-20)12-10-22(27)19-30-31-28(34)21-11-13-26(33)24(29)17-21/h2-4,7-8,10-13,17-19,25,33H,5-6,9,14-16H2,1H3,(H,31,34). The van der Waals surface area contributed by atoms with Gasteiger partial charge in [-0.3, -0.25) is 9.69 Å². The maximum Gasteiger partial charge on any atom is 0.271 e. The van der Waals surface area contributed by atoms with Crippen molar-refractivity contribution in [2.75, 3.05) is 26.8 Å². The molecule has 8 heteroatoms. The fraction of sp³-hybridized carbons (Fsp3) is 0.286. The first-order valence-corrected chi connectivity index (χ1v) is 12.3. The van der Waals surface area contributed by atoms with Crippen LogP contribution in [0.4, 0.5) is 0 Å². The van der Waals surface area contributed by atoms with Crippen molar-refractivity contribution in [3.63, 3.8) is 0 Å². The molecule has 3 aromatic carbocycles. The second-order valence-corrected chi connectivity index (χ2v) is 8.98. The number of carbonyl (C=O) groups excluding carboxylic acids is 1. The van der Waals surface area contributed by atoms with Gasteiger partial charge in [0, 0.05) is 29.8 Å². The average molecular weight is 508 g/mol. The number of carbonyl (C=O) groups is 1. The number of ether oxygens (including phenoxy) is 2. The second-order valence-electron chi connectivity index (χ2n) is 8.58. The number of nitrogens with zero attached hydrogens (tertiary/aromatic N) is 2. The van der Waals surface area contributed by atoms with Gasteiger partial charge >= 0.3 is 0 Å². The summed E-state index contributed by atoms with van der Waals surface area (Å²) in [5.41, 5.74) is 4.79. The van der Waals surface area contributed by atoms with Gasteiger partial charge in [0.25, 0.3) is 5.91 Å². The SMILES string of the molecule is COc1cc(OCCN2CCCCC2c2ccccc2)ccc1C=NNC(=O)c1ccc(O)c(Cl)c1. The molecule has 0 aliphatic carbocycles. The molecule has 1 aliphatic rings. The minimum atomic E-state index is -0.446. The third kappa shape index (κ3) is 6.56. The minimum absolute atomic E-state index is 0.0873. The largest absolute Gasteiger partial charge is 0.506 e. The predicted molar refractivity (Wildman–Crippen MR) is 141 cm³/mol. The number of hydrogen-bond acceptors (Lipinski definition) is 6. The molecule has 0 radical (unpaired) electrons. The molecular formula is C28H30ClN3O4. The molecule has 36 heavy (non-hydrogen) atoms. The summed E-state index contributed by atoms with van der Waals surface area (Å²) in [5, 5.41) is 13.6. The van der Waals surface area contributed by atoms with Crippen molar-refractivity contribution in [3.8, 4) is 17.2 Å². The number of amides is 1. The molecule has 1 heterocycles. The van der Waals surface area contributed by atoms with Crippen LogP contribution < -0.4 is 14.9 Å². The molecule has 0 spiro atoms. The Morgan fingerprint density at radius 2 is 2.00 bits per heavy atom. The molecule has 1 saturated heterocycles. The smallest absolute Gasteiger partial charge is 0.271 e. The van der Waals surface area contributed by atoms with Crippen LogP contribution in [0.1, 0.15) is 46.8 Å².